The Morgan fingerprint density at radius 3 is 3.23 bits per heavy atom. The van der Waals surface area contributed by atoms with Gasteiger partial charge in [-0.25, -0.2) is 4.98 Å². The zero-order valence-electron chi connectivity index (χ0n) is 7.59. The first kappa shape index (κ1) is 9.28. The van der Waals surface area contributed by atoms with Crippen molar-refractivity contribution in [1.82, 2.24) is 4.98 Å². The molecular formula is C9H13ClN2S. The minimum Gasteiger partial charge on any atom is -0.366 e. The van der Waals surface area contributed by atoms with Crippen molar-refractivity contribution < 1.29 is 0 Å². The van der Waals surface area contributed by atoms with Crippen molar-refractivity contribution >= 4 is 28.8 Å². The second-order valence-electron chi connectivity index (χ2n) is 3.52. The molecule has 1 aromatic heterocycles. The first-order valence-electron chi connectivity index (χ1n) is 4.67. The molecular weight excluding hydrogens is 204 g/mol. The van der Waals surface area contributed by atoms with E-state index in [4.69, 9.17) is 11.6 Å². The highest BCUT2D eigenvalue weighted by Gasteiger charge is 2.36. The molecule has 1 N–H and O–H groups in total. The molecule has 1 aliphatic rings. The third kappa shape index (κ3) is 2.35. The minimum atomic E-state index is 0.621. The number of rotatable bonds is 4. The van der Waals surface area contributed by atoms with E-state index in [1.54, 1.807) is 0 Å². The minimum absolute atomic E-state index is 0.621. The standard InChI is InChI=1S/C9H13ClN2S/c1-2-3-6-4-7(6)11-8-5-13-9(10)12-8/h5-7,11H,2-4H2,1H3. The molecule has 2 unspecified atom stereocenters. The molecule has 1 fully saturated rings. The average molecular weight is 217 g/mol. The molecule has 4 heteroatoms. The Bertz CT molecular complexity index is 287. The topological polar surface area (TPSA) is 24.9 Å². The van der Waals surface area contributed by atoms with Crippen molar-refractivity contribution in [3.05, 3.63) is 9.85 Å². The summed E-state index contributed by atoms with van der Waals surface area (Å²) < 4.78 is 0.621. The van der Waals surface area contributed by atoms with E-state index in [0.717, 1.165) is 11.7 Å². The van der Waals surface area contributed by atoms with Crippen LogP contribution in [0.1, 0.15) is 26.2 Å². The van der Waals surface area contributed by atoms with Crippen LogP contribution >= 0.6 is 22.9 Å². The second kappa shape index (κ2) is 3.84. The molecule has 0 aliphatic heterocycles. The Kier molecular flexibility index (Phi) is 2.74. The summed E-state index contributed by atoms with van der Waals surface area (Å²) in [5.41, 5.74) is 0. The molecule has 0 radical (unpaired) electrons. The van der Waals surface area contributed by atoms with Gasteiger partial charge in [0.05, 0.1) is 0 Å². The van der Waals surface area contributed by atoms with Crippen LogP contribution in [0.3, 0.4) is 0 Å². The summed E-state index contributed by atoms with van der Waals surface area (Å²) in [6.07, 6.45) is 3.90. The van der Waals surface area contributed by atoms with Gasteiger partial charge < -0.3 is 5.32 Å². The van der Waals surface area contributed by atoms with Crippen LogP contribution in [0.15, 0.2) is 5.38 Å². The third-order valence-corrected chi connectivity index (χ3v) is 3.37. The SMILES string of the molecule is CCCC1CC1Nc1csc(Cl)n1. The summed E-state index contributed by atoms with van der Waals surface area (Å²) in [7, 11) is 0. The third-order valence-electron chi connectivity index (χ3n) is 2.39. The van der Waals surface area contributed by atoms with Gasteiger partial charge in [0.25, 0.3) is 0 Å². The van der Waals surface area contributed by atoms with Crippen molar-refractivity contribution in [3.8, 4) is 0 Å². The van der Waals surface area contributed by atoms with Crippen molar-refractivity contribution in [2.45, 2.75) is 32.2 Å². The van der Waals surface area contributed by atoms with Crippen LogP contribution in [-0.2, 0) is 0 Å². The van der Waals surface area contributed by atoms with E-state index in [9.17, 15) is 0 Å². The van der Waals surface area contributed by atoms with Gasteiger partial charge in [0.2, 0.25) is 0 Å². The van der Waals surface area contributed by atoms with Crippen molar-refractivity contribution in [2.24, 2.45) is 5.92 Å². The molecule has 2 rings (SSSR count). The monoisotopic (exact) mass is 216 g/mol. The molecule has 1 saturated carbocycles. The Balaban J connectivity index is 1.81. The lowest BCUT2D eigenvalue weighted by Gasteiger charge is -1.99. The molecule has 0 saturated heterocycles. The Labute approximate surface area is 87.3 Å². The number of halogens is 1. The fourth-order valence-corrected chi connectivity index (χ4v) is 2.33. The van der Waals surface area contributed by atoms with Crippen molar-refractivity contribution in [2.75, 3.05) is 5.32 Å². The Morgan fingerprint density at radius 1 is 1.77 bits per heavy atom. The second-order valence-corrected chi connectivity index (χ2v) is 4.96. The van der Waals surface area contributed by atoms with Crippen molar-refractivity contribution in [1.29, 1.82) is 0 Å². The molecule has 2 atom stereocenters. The van der Waals surface area contributed by atoms with Gasteiger partial charge in [-0.1, -0.05) is 24.9 Å². The van der Waals surface area contributed by atoms with Gasteiger partial charge in [0, 0.05) is 11.4 Å². The molecule has 72 valence electrons. The van der Waals surface area contributed by atoms with Gasteiger partial charge >= 0.3 is 0 Å². The van der Waals surface area contributed by atoms with E-state index in [0.29, 0.717) is 10.5 Å². The molecule has 13 heavy (non-hydrogen) atoms. The first-order valence-corrected chi connectivity index (χ1v) is 5.93. The average Bonchev–Trinajstić information content (AvgIpc) is 2.66. The molecule has 2 nitrogen and oxygen atoms in total. The lowest BCUT2D eigenvalue weighted by Crippen LogP contribution is -2.04. The van der Waals surface area contributed by atoms with E-state index in [1.165, 1.54) is 30.6 Å². The Morgan fingerprint density at radius 2 is 2.62 bits per heavy atom. The van der Waals surface area contributed by atoms with Crippen LogP contribution in [0.2, 0.25) is 4.47 Å². The van der Waals surface area contributed by atoms with Crippen LogP contribution in [0.5, 0.6) is 0 Å². The zero-order chi connectivity index (χ0) is 9.26. The van der Waals surface area contributed by atoms with E-state index in [-0.39, 0.29) is 0 Å². The smallest absolute Gasteiger partial charge is 0.185 e. The lowest BCUT2D eigenvalue weighted by atomic mass is 10.2. The summed E-state index contributed by atoms with van der Waals surface area (Å²) >= 11 is 7.21. The number of anilines is 1. The van der Waals surface area contributed by atoms with E-state index in [2.05, 4.69) is 17.2 Å². The van der Waals surface area contributed by atoms with Gasteiger partial charge in [0.15, 0.2) is 4.47 Å². The molecule has 0 aromatic carbocycles. The molecule has 0 spiro atoms. The maximum Gasteiger partial charge on any atom is 0.185 e. The van der Waals surface area contributed by atoms with Crippen LogP contribution in [0, 0.1) is 5.92 Å². The summed E-state index contributed by atoms with van der Waals surface area (Å²) in [4.78, 5) is 4.16. The quantitative estimate of drug-likeness (QED) is 0.835. The maximum absolute atomic E-state index is 5.73. The summed E-state index contributed by atoms with van der Waals surface area (Å²) in [5, 5.41) is 5.36. The molecule has 0 amide bonds. The fraction of sp³-hybridized carbons (Fsp3) is 0.667. The normalized spacial score (nSPS) is 26.0. The number of thiazole rings is 1. The van der Waals surface area contributed by atoms with Crippen LogP contribution in [0.25, 0.3) is 0 Å². The van der Waals surface area contributed by atoms with E-state index in [1.807, 2.05) is 5.38 Å². The summed E-state index contributed by atoms with van der Waals surface area (Å²) in [6.45, 7) is 2.23. The zero-order valence-corrected chi connectivity index (χ0v) is 9.16. The van der Waals surface area contributed by atoms with Crippen LogP contribution < -0.4 is 5.32 Å². The fourth-order valence-electron chi connectivity index (χ4n) is 1.62. The van der Waals surface area contributed by atoms with Gasteiger partial charge in [-0.3, -0.25) is 0 Å². The highest BCUT2D eigenvalue weighted by atomic mass is 35.5. The van der Waals surface area contributed by atoms with E-state index >= 15 is 0 Å². The van der Waals surface area contributed by atoms with E-state index < -0.39 is 0 Å². The molecule has 0 bridgehead atoms. The predicted octanol–water partition coefficient (Wildman–Crippen LogP) is 3.40. The van der Waals surface area contributed by atoms with Gasteiger partial charge in [-0.2, -0.15) is 0 Å². The number of hydrogen-bond donors (Lipinski definition) is 1. The lowest BCUT2D eigenvalue weighted by molar-refractivity contribution is 0.692. The summed E-state index contributed by atoms with van der Waals surface area (Å²) in [6, 6.07) is 0.651. The van der Waals surface area contributed by atoms with Crippen LogP contribution in [-0.4, -0.2) is 11.0 Å². The summed E-state index contributed by atoms with van der Waals surface area (Å²) in [5.74, 6) is 1.81. The highest BCUT2D eigenvalue weighted by molar-refractivity contribution is 7.14. The highest BCUT2D eigenvalue weighted by Crippen LogP contribution is 2.37. The number of aromatic nitrogens is 1. The molecule has 1 heterocycles. The molecule has 1 aromatic rings. The van der Waals surface area contributed by atoms with Gasteiger partial charge in [-0.05, 0) is 18.8 Å². The van der Waals surface area contributed by atoms with Crippen LogP contribution in [0.4, 0.5) is 5.82 Å². The number of hydrogen-bond acceptors (Lipinski definition) is 3. The molecule has 1 aliphatic carbocycles. The van der Waals surface area contributed by atoms with Gasteiger partial charge in [0.1, 0.15) is 5.82 Å². The van der Waals surface area contributed by atoms with Gasteiger partial charge in [-0.15, -0.1) is 11.3 Å². The largest absolute Gasteiger partial charge is 0.366 e. The maximum atomic E-state index is 5.73. The predicted molar refractivity (Wildman–Crippen MR) is 57.5 cm³/mol. The van der Waals surface area contributed by atoms with Crippen molar-refractivity contribution in [3.63, 3.8) is 0 Å². The first-order chi connectivity index (χ1) is 6.29. The number of nitrogens with one attached hydrogen (secondary N) is 1. The Hall–Kier alpha value is -0.280. The number of nitrogens with zero attached hydrogens (tertiary/aromatic N) is 1.